The van der Waals surface area contributed by atoms with Crippen molar-refractivity contribution in [1.29, 1.82) is 5.26 Å². The first-order valence-corrected chi connectivity index (χ1v) is 6.52. The van der Waals surface area contributed by atoms with E-state index in [-0.39, 0.29) is 0 Å². The van der Waals surface area contributed by atoms with Crippen LogP contribution in [0, 0.1) is 11.3 Å². The minimum absolute atomic E-state index is 0.581. The van der Waals surface area contributed by atoms with Crippen LogP contribution in [0.4, 0.5) is 0 Å². The topological polar surface area (TPSA) is 35.8 Å². The van der Waals surface area contributed by atoms with E-state index in [4.69, 9.17) is 17.5 Å². The lowest BCUT2D eigenvalue weighted by Crippen LogP contribution is -2.33. The molecule has 14 heavy (non-hydrogen) atoms. The molecule has 78 valence electrons. The summed E-state index contributed by atoms with van der Waals surface area (Å²) in [5.74, 6) is 0.815. The highest BCUT2D eigenvalue weighted by Gasteiger charge is 2.13. The Kier molecular flexibility index (Phi) is 5.97. The molecular weight excluding hydrogens is 212 g/mol. The van der Waals surface area contributed by atoms with E-state index in [0.717, 1.165) is 10.1 Å². The van der Waals surface area contributed by atoms with Gasteiger partial charge in [0.15, 0.2) is 0 Å². The van der Waals surface area contributed by atoms with Gasteiger partial charge in [0.2, 0.25) is 0 Å². The highest BCUT2D eigenvalue weighted by Crippen LogP contribution is 2.18. The Morgan fingerprint density at radius 3 is 2.79 bits per heavy atom. The normalized spacial score (nSPS) is 17.4. The Labute approximate surface area is 95.4 Å². The summed E-state index contributed by atoms with van der Waals surface area (Å²) in [6.45, 7) is 0. The first kappa shape index (κ1) is 11.8. The van der Waals surface area contributed by atoms with Crippen LogP contribution in [0.25, 0.3) is 0 Å². The smallest absolute Gasteiger partial charge is 0.134 e. The van der Waals surface area contributed by atoms with Crippen molar-refractivity contribution in [3.63, 3.8) is 0 Å². The van der Waals surface area contributed by atoms with Gasteiger partial charge in [0.25, 0.3) is 0 Å². The average molecular weight is 228 g/mol. The van der Waals surface area contributed by atoms with Crippen molar-refractivity contribution < 1.29 is 0 Å². The van der Waals surface area contributed by atoms with Gasteiger partial charge in [0.05, 0.1) is 6.07 Å². The number of rotatable bonds is 3. The molecule has 0 saturated heterocycles. The van der Waals surface area contributed by atoms with Crippen LogP contribution in [0.2, 0.25) is 0 Å². The predicted molar refractivity (Wildman–Crippen MR) is 65.3 cm³/mol. The summed E-state index contributed by atoms with van der Waals surface area (Å²) in [6, 6.07) is 2.71. The van der Waals surface area contributed by atoms with Gasteiger partial charge < -0.3 is 5.32 Å². The molecule has 0 spiro atoms. The van der Waals surface area contributed by atoms with Crippen molar-refractivity contribution in [2.45, 2.75) is 44.6 Å². The van der Waals surface area contributed by atoms with E-state index in [9.17, 15) is 0 Å². The molecule has 0 amide bonds. The van der Waals surface area contributed by atoms with Gasteiger partial charge in [0, 0.05) is 18.2 Å². The summed E-state index contributed by atoms with van der Waals surface area (Å²) in [6.07, 6.45) is 7.09. The predicted octanol–water partition coefficient (Wildman–Crippen LogP) is 2.84. The molecule has 1 rings (SSSR count). The SMILES string of the molecule is N#CCCSC(=S)NC1CCCCC1. The van der Waals surface area contributed by atoms with E-state index in [1.54, 1.807) is 11.8 Å². The van der Waals surface area contributed by atoms with Gasteiger partial charge >= 0.3 is 0 Å². The molecule has 2 nitrogen and oxygen atoms in total. The van der Waals surface area contributed by atoms with Gasteiger partial charge in [0.1, 0.15) is 4.32 Å². The Morgan fingerprint density at radius 2 is 2.14 bits per heavy atom. The molecule has 1 aliphatic rings. The third-order valence-corrected chi connectivity index (χ3v) is 3.63. The molecule has 0 aromatic heterocycles. The van der Waals surface area contributed by atoms with Crippen LogP contribution >= 0.6 is 24.0 Å². The molecular formula is C10H16N2S2. The summed E-state index contributed by atoms with van der Waals surface area (Å²) in [4.78, 5) is 0. The van der Waals surface area contributed by atoms with E-state index in [2.05, 4.69) is 11.4 Å². The second kappa shape index (κ2) is 7.08. The highest BCUT2D eigenvalue weighted by atomic mass is 32.2. The van der Waals surface area contributed by atoms with Crippen molar-refractivity contribution >= 4 is 28.3 Å². The number of hydrogen-bond donors (Lipinski definition) is 1. The van der Waals surface area contributed by atoms with Gasteiger partial charge in [-0.3, -0.25) is 0 Å². The molecule has 1 N–H and O–H groups in total. The van der Waals surface area contributed by atoms with Crippen molar-refractivity contribution in [3.8, 4) is 6.07 Å². The van der Waals surface area contributed by atoms with Crippen LogP contribution in [0.15, 0.2) is 0 Å². The number of thioether (sulfide) groups is 1. The van der Waals surface area contributed by atoms with E-state index < -0.39 is 0 Å². The molecule has 0 heterocycles. The van der Waals surface area contributed by atoms with Crippen LogP contribution in [0.3, 0.4) is 0 Å². The van der Waals surface area contributed by atoms with E-state index in [0.29, 0.717) is 12.5 Å². The fourth-order valence-corrected chi connectivity index (χ4v) is 2.69. The van der Waals surface area contributed by atoms with E-state index in [1.807, 2.05) is 0 Å². The molecule has 1 aliphatic carbocycles. The number of nitriles is 1. The maximum atomic E-state index is 8.37. The zero-order valence-corrected chi connectivity index (χ0v) is 9.92. The molecule has 0 unspecified atom stereocenters. The first-order chi connectivity index (χ1) is 6.83. The standard InChI is InChI=1S/C10H16N2S2/c11-7-4-8-14-10(13)12-9-5-2-1-3-6-9/h9H,1-6,8H2,(H,12,13). The van der Waals surface area contributed by atoms with Crippen molar-refractivity contribution in [1.82, 2.24) is 5.32 Å². The lowest BCUT2D eigenvalue weighted by Gasteiger charge is -2.23. The Bertz CT molecular complexity index is 217. The highest BCUT2D eigenvalue weighted by molar-refractivity contribution is 8.22. The molecule has 0 atom stereocenters. The number of thiocarbonyl (C=S) groups is 1. The van der Waals surface area contributed by atoms with Gasteiger partial charge in [-0.1, -0.05) is 43.2 Å². The molecule has 0 aliphatic heterocycles. The minimum Gasteiger partial charge on any atom is -0.368 e. The second-order valence-corrected chi connectivity index (χ2v) is 5.30. The Hall–Kier alpha value is -0.270. The molecule has 1 fully saturated rings. The quantitative estimate of drug-likeness (QED) is 0.595. The third-order valence-electron chi connectivity index (χ3n) is 2.37. The van der Waals surface area contributed by atoms with Gasteiger partial charge in [-0.05, 0) is 12.8 Å². The summed E-state index contributed by atoms with van der Waals surface area (Å²) in [7, 11) is 0. The molecule has 0 bridgehead atoms. The number of hydrogen-bond acceptors (Lipinski definition) is 3. The van der Waals surface area contributed by atoms with E-state index >= 15 is 0 Å². The maximum Gasteiger partial charge on any atom is 0.134 e. The van der Waals surface area contributed by atoms with Crippen molar-refractivity contribution in [2.24, 2.45) is 0 Å². The van der Waals surface area contributed by atoms with Crippen molar-refractivity contribution in [2.75, 3.05) is 5.75 Å². The minimum atomic E-state index is 0.581. The largest absolute Gasteiger partial charge is 0.368 e. The van der Waals surface area contributed by atoms with Crippen LogP contribution in [0.1, 0.15) is 38.5 Å². The number of nitrogens with zero attached hydrogens (tertiary/aromatic N) is 1. The first-order valence-electron chi connectivity index (χ1n) is 5.13. The maximum absolute atomic E-state index is 8.37. The average Bonchev–Trinajstić information content (AvgIpc) is 2.20. The summed E-state index contributed by atoms with van der Waals surface area (Å²) in [5.41, 5.74) is 0. The fraction of sp³-hybridized carbons (Fsp3) is 0.800. The van der Waals surface area contributed by atoms with E-state index in [1.165, 1.54) is 32.1 Å². The van der Waals surface area contributed by atoms with Crippen LogP contribution in [-0.4, -0.2) is 16.1 Å². The van der Waals surface area contributed by atoms with Gasteiger partial charge in [-0.2, -0.15) is 5.26 Å². The lowest BCUT2D eigenvalue weighted by molar-refractivity contribution is 0.416. The fourth-order valence-electron chi connectivity index (χ4n) is 1.64. The second-order valence-electron chi connectivity index (χ2n) is 3.52. The Morgan fingerprint density at radius 1 is 1.43 bits per heavy atom. The van der Waals surface area contributed by atoms with Crippen molar-refractivity contribution in [3.05, 3.63) is 0 Å². The Balaban J connectivity index is 2.10. The van der Waals surface area contributed by atoms with Crippen LogP contribution in [-0.2, 0) is 0 Å². The van der Waals surface area contributed by atoms with Crippen LogP contribution in [0.5, 0.6) is 0 Å². The van der Waals surface area contributed by atoms with Gasteiger partial charge in [-0.25, -0.2) is 0 Å². The molecule has 0 radical (unpaired) electrons. The summed E-state index contributed by atoms with van der Waals surface area (Å²) >= 11 is 6.78. The zero-order chi connectivity index (χ0) is 10.2. The monoisotopic (exact) mass is 228 g/mol. The third kappa shape index (κ3) is 4.83. The van der Waals surface area contributed by atoms with Gasteiger partial charge in [-0.15, -0.1) is 0 Å². The lowest BCUT2D eigenvalue weighted by atomic mass is 9.96. The van der Waals surface area contributed by atoms with Crippen LogP contribution < -0.4 is 5.32 Å². The molecule has 0 aromatic carbocycles. The molecule has 0 aromatic rings. The molecule has 4 heteroatoms. The number of nitrogens with one attached hydrogen (secondary N) is 1. The summed E-state index contributed by atoms with van der Waals surface area (Å²) < 4.78 is 0.868. The summed E-state index contributed by atoms with van der Waals surface area (Å²) in [5, 5.41) is 11.7. The zero-order valence-electron chi connectivity index (χ0n) is 8.29. The molecule has 1 saturated carbocycles.